The molecule has 4 nitrogen and oxygen atoms in total. The van der Waals surface area contributed by atoms with Crippen LogP contribution >= 0.6 is 23.2 Å². The molecule has 102 valence electrons. The molecular weight excluding hydrogens is 287 g/mol. The molecule has 0 heterocycles. The molecule has 1 rings (SSSR count). The number of Topliss-reactive ketones (excluding diaryl/α,β-unsaturated/α-hetero) is 1. The molecule has 0 fully saturated rings. The van der Waals surface area contributed by atoms with Crippen LogP contribution < -0.4 is 5.32 Å². The second-order valence-electron chi connectivity index (χ2n) is 5.02. The third-order valence-electron chi connectivity index (χ3n) is 2.28. The molecular formula is C13H14Cl2N2O2. The summed E-state index contributed by atoms with van der Waals surface area (Å²) in [5.74, 6) is -0.139. The van der Waals surface area contributed by atoms with E-state index >= 15 is 0 Å². The number of hydrogen-bond acceptors (Lipinski definition) is 4. The van der Waals surface area contributed by atoms with Gasteiger partial charge in [-0.2, -0.15) is 4.99 Å². The highest BCUT2D eigenvalue weighted by molar-refractivity contribution is 6.39. The van der Waals surface area contributed by atoms with Gasteiger partial charge in [0.05, 0.1) is 16.6 Å². The van der Waals surface area contributed by atoms with Gasteiger partial charge in [0.15, 0.2) is 5.78 Å². The highest BCUT2D eigenvalue weighted by Gasteiger charge is 2.15. The van der Waals surface area contributed by atoms with Crippen molar-refractivity contribution < 1.29 is 9.59 Å². The molecule has 6 heteroatoms. The van der Waals surface area contributed by atoms with Gasteiger partial charge in [0, 0.05) is 11.1 Å². The summed E-state index contributed by atoms with van der Waals surface area (Å²) in [6, 6.07) is 2.88. The molecule has 0 unspecified atom stereocenters. The third kappa shape index (κ3) is 4.77. The average Bonchev–Trinajstić information content (AvgIpc) is 2.29. The van der Waals surface area contributed by atoms with Crippen molar-refractivity contribution in [1.29, 1.82) is 0 Å². The van der Waals surface area contributed by atoms with E-state index in [1.807, 2.05) is 20.8 Å². The van der Waals surface area contributed by atoms with E-state index in [0.717, 1.165) is 0 Å². The fourth-order valence-corrected chi connectivity index (χ4v) is 1.90. The molecule has 0 amide bonds. The van der Waals surface area contributed by atoms with E-state index < -0.39 is 0 Å². The van der Waals surface area contributed by atoms with Crippen molar-refractivity contribution >= 4 is 40.8 Å². The highest BCUT2D eigenvalue weighted by Crippen LogP contribution is 2.34. The van der Waals surface area contributed by atoms with E-state index in [1.165, 1.54) is 18.2 Å². The molecule has 0 aromatic heterocycles. The van der Waals surface area contributed by atoms with Gasteiger partial charge in [0.25, 0.3) is 0 Å². The van der Waals surface area contributed by atoms with Crippen molar-refractivity contribution in [1.82, 2.24) is 5.32 Å². The van der Waals surface area contributed by atoms with Gasteiger partial charge in [0.2, 0.25) is 6.08 Å². The van der Waals surface area contributed by atoms with E-state index in [4.69, 9.17) is 23.2 Å². The van der Waals surface area contributed by atoms with Crippen molar-refractivity contribution in [3.05, 3.63) is 27.7 Å². The topological polar surface area (TPSA) is 58.5 Å². The SMILES string of the molecule is CC(C)(C)NCC(=O)c1cc(Cl)c(N=C=O)c(Cl)c1. The van der Waals surface area contributed by atoms with Crippen LogP contribution in [0.25, 0.3) is 0 Å². The molecule has 0 atom stereocenters. The molecule has 1 aromatic carbocycles. The lowest BCUT2D eigenvalue weighted by Gasteiger charge is -2.19. The van der Waals surface area contributed by atoms with Gasteiger partial charge >= 0.3 is 0 Å². The lowest BCUT2D eigenvalue weighted by Crippen LogP contribution is -2.39. The summed E-state index contributed by atoms with van der Waals surface area (Å²) in [4.78, 5) is 25.6. The largest absolute Gasteiger partial charge is 0.305 e. The maximum absolute atomic E-state index is 12.0. The Balaban J connectivity index is 2.97. The van der Waals surface area contributed by atoms with Crippen LogP contribution in [0.4, 0.5) is 5.69 Å². The van der Waals surface area contributed by atoms with Crippen molar-refractivity contribution in [3.8, 4) is 0 Å². The number of rotatable bonds is 4. The Labute approximate surface area is 121 Å². The number of isocyanates is 1. The second kappa shape index (κ2) is 6.31. The summed E-state index contributed by atoms with van der Waals surface area (Å²) in [7, 11) is 0. The molecule has 1 N–H and O–H groups in total. The Bertz CT molecular complexity index is 521. The number of carbonyl (C=O) groups excluding carboxylic acids is 2. The zero-order valence-electron chi connectivity index (χ0n) is 10.9. The number of nitrogens with one attached hydrogen (secondary N) is 1. The smallest absolute Gasteiger partial charge is 0.240 e. The van der Waals surface area contributed by atoms with Gasteiger partial charge in [-0.3, -0.25) is 4.79 Å². The lowest BCUT2D eigenvalue weighted by molar-refractivity contribution is 0.0982. The van der Waals surface area contributed by atoms with Crippen LogP contribution in [0.5, 0.6) is 0 Å². The predicted molar refractivity (Wildman–Crippen MR) is 76.3 cm³/mol. The number of halogens is 2. The van der Waals surface area contributed by atoms with Crippen LogP contribution in [0.3, 0.4) is 0 Å². The van der Waals surface area contributed by atoms with Gasteiger partial charge in [-0.15, -0.1) is 0 Å². The second-order valence-corrected chi connectivity index (χ2v) is 5.83. The van der Waals surface area contributed by atoms with E-state index in [-0.39, 0.29) is 33.6 Å². The molecule has 0 saturated carbocycles. The zero-order valence-corrected chi connectivity index (χ0v) is 12.4. The molecule has 0 radical (unpaired) electrons. The Morgan fingerprint density at radius 3 is 2.26 bits per heavy atom. The number of nitrogens with zero attached hydrogens (tertiary/aromatic N) is 1. The molecule has 0 saturated heterocycles. The molecule has 0 aliphatic heterocycles. The van der Waals surface area contributed by atoms with Crippen molar-refractivity contribution in [3.63, 3.8) is 0 Å². The van der Waals surface area contributed by atoms with Gasteiger partial charge in [-0.05, 0) is 32.9 Å². The van der Waals surface area contributed by atoms with E-state index in [1.54, 1.807) is 0 Å². The summed E-state index contributed by atoms with van der Waals surface area (Å²) in [6.45, 7) is 6.05. The standard InChI is InChI=1S/C13H14Cl2N2O2/c1-13(2,3)17-6-11(19)8-4-9(14)12(16-7-18)10(15)5-8/h4-5,17H,6H2,1-3H3. The average molecular weight is 301 g/mol. The van der Waals surface area contributed by atoms with E-state index in [0.29, 0.717) is 5.56 Å². The molecule has 0 spiro atoms. The molecule has 0 aliphatic rings. The monoisotopic (exact) mass is 300 g/mol. The minimum atomic E-state index is -0.162. The number of ketones is 1. The van der Waals surface area contributed by atoms with Crippen molar-refractivity contribution in [2.45, 2.75) is 26.3 Å². The number of aliphatic imine (C=N–C) groups is 1. The van der Waals surface area contributed by atoms with Gasteiger partial charge < -0.3 is 5.32 Å². The first kappa shape index (κ1) is 15.9. The molecule has 0 aliphatic carbocycles. The minimum absolute atomic E-state index is 0.124. The van der Waals surface area contributed by atoms with Gasteiger partial charge in [-0.1, -0.05) is 23.2 Å². The predicted octanol–water partition coefficient (Wildman–Crippen LogP) is 3.53. The first-order valence-electron chi connectivity index (χ1n) is 5.60. The van der Waals surface area contributed by atoms with Gasteiger partial charge in [0.1, 0.15) is 5.69 Å². The van der Waals surface area contributed by atoms with Crippen molar-refractivity contribution in [2.75, 3.05) is 6.54 Å². The molecule has 1 aromatic rings. The van der Waals surface area contributed by atoms with E-state index in [2.05, 4.69) is 10.3 Å². The lowest BCUT2D eigenvalue weighted by atomic mass is 10.1. The minimum Gasteiger partial charge on any atom is -0.305 e. The molecule has 0 bridgehead atoms. The Morgan fingerprint density at radius 1 is 1.32 bits per heavy atom. The van der Waals surface area contributed by atoms with Crippen LogP contribution in [0.2, 0.25) is 10.0 Å². The summed E-state index contributed by atoms with van der Waals surface area (Å²) < 4.78 is 0. The van der Waals surface area contributed by atoms with Crippen LogP contribution in [-0.2, 0) is 4.79 Å². The quantitative estimate of drug-likeness (QED) is 0.526. The first-order valence-corrected chi connectivity index (χ1v) is 6.35. The van der Waals surface area contributed by atoms with Crippen LogP contribution in [0, 0.1) is 0 Å². The maximum atomic E-state index is 12.0. The Hall–Kier alpha value is -1.19. The van der Waals surface area contributed by atoms with Crippen LogP contribution in [-0.4, -0.2) is 23.9 Å². The maximum Gasteiger partial charge on any atom is 0.240 e. The van der Waals surface area contributed by atoms with E-state index in [9.17, 15) is 9.59 Å². The Kier molecular flexibility index (Phi) is 5.27. The number of benzene rings is 1. The number of carbonyl (C=O) groups is 1. The molecule has 19 heavy (non-hydrogen) atoms. The summed E-state index contributed by atoms with van der Waals surface area (Å²) in [5.41, 5.74) is 0.334. The fourth-order valence-electron chi connectivity index (χ4n) is 1.33. The summed E-state index contributed by atoms with van der Waals surface area (Å²) >= 11 is 11.8. The first-order chi connectivity index (χ1) is 8.74. The van der Waals surface area contributed by atoms with Crippen LogP contribution in [0.15, 0.2) is 17.1 Å². The Morgan fingerprint density at radius 2 is 1.84 bits per heavy atom. The fraction of sp³-hybridized carbons (Fsp3) is 0.385. The number of hydrogen-bond donors (Lipinski definition) is 1. The summed E-state index contributed by atoms with van der Waals surface area (Å²) in [5, 5.41) is 3.37. The summed E-state index contributed by atoms with van der Waals surface area (Å²) in [6.07, 6.45) is 1.37. The normalized spacial score (nSPS) is 11.0. The third-order valence-corrected chi connectivity index (χ3v) is 2.85. The van der Waals surface area contributed by atoms with Crippen molar-refractivity contribution in [2.24, 2.45) is 4.99 Å². The van der Waals surface area contributed by atoms with Gasteiger partial charge in [-0.25, -0.2) is 4.79 Å². The zero-order chi connectivity index (χ0) is 14.6. The van der Waals surface area contributed by atoms with Crippen LogP contribution in [0.1, 0.15) is 31.1 Å². The highest BCUT2D eigenvalue weighted by atomic mass is 35.5.